The molecule has 0 radical (unpaired) electrons. The smallest absolute Gasteiger partial charge is 0.278 e. The summed E-state index contributed by atoms with van der Waals surface area (Å²) in [4.78, 5) is 14.8. The van der Waals surface area contributed by atoms with Crippen LogP contribution in [0.3, 0.4) is 0 Å². The topological polar surface area (TPSA) is 60.4 Å². The number of carbonyl (C=O) groups is 1. The Morgan fingerprint density at radius 3 is 1.84 bits per heavy atom. The Kier molecular flexibility index (Phi) is 7.00. The number of carbonyl (C=O) groups excluding carboxylic acids is 1. The third-order valence-electron chi connectivity index (χ3n) is 8.17. The molecule has 0 spiro atoms. The van der Waals surface area contributed by atoms with Crippen molar-refractivity contribution in [3.05, 3.63) is 87.9 Å². The van der Waals surface area contributed by atoms with E-state index in [1.807, 2.05) is 74.5 Å². The van der Waals surface area contributed by atoms with Crippen molar-refractivity contribution in [3.63, 3.8) is 0 Å². The lowest BCUT2D eigenvalue weighted by Crippen LogP contribution is -2.42. The molecule has 0 N–H and O–H groups in total. The Balaban J connectivity index is 1.74. The van der Waals surface area contributed by atoms with Crippen LogP contribution in [0.4, 0.5) is 0 Å². The van der Waals surface area contributed by atoms with Gasteiger partial charge in [0, 0.05) is 21.2 Å². The van der Waals surface area contributed by atoms with Crippen molar-refractivity contribution in [2.45, 2.75) is 47.8 Å². The molecule has 2 atom stereocenters. The average Bonchev–Trinajstić information content (AvgIpc) is 3.18. The molecule has 4 nitrogen and oxygen atoms in total. The maximum absolute atomic E-state index is 14.2. The van der Waals surface area contributed by atoms with Crippen LogP contribution in [-0.2, 0) is 18.5 Å². The average molecular weight is 598 g/mol. The number of rotatable bonds is 7. The molecular formula is C28H27Cl3O4S2. The summed E-state index contributed by atoms with van der Waals surface area (Å²) < 4.78 is 34.7. The minimum absolute atomic E-state index is 0.00325. The lowest BCUT2D eigenvalue weighted by molar-refractivity contribution is -0.128. The summed E-state index contributed by atoms with van der Waals surface area (Å²) in [6.45, 7) is 4.01. The Hall–Kier alpha value is -1.54. The molecule has 37 heavy (non-hydrogen) atoms. The molecule has 196 valence electrons. The lowest BCUT2D eigenvalue weighted by Gasteiger charge is -2.42. The van der Waals surface area contributed by atoms with Crippen molar-refractivity contribution >= 4 is 61.0 Å². The summed E-state index contributed by atoms with van der Waals surface area (Å²) in [7, 11) is -7.30. The highest BCUT2D eigenvalue weighted by Gasteiger charge is 2.66. The first-order valence-corrected chi connectivity index (χ1v) is 16.3. The van der Waals surface area contributed by atoms with Gasteiger partial charge in [-0.2, -0.15) is 8.42 Å². The number of hydrogen-bond acceptors (Lipinski definition) is 4. The summed E-state index contributed by atoms with van der Waals surface area (Å²) in [5, 5.41) is 0.726. The number of halogens is 3. The Morgan fingerprint density at radius 2 is 1.41 bits per heavy atom. The van der Waals surface area contributed by atoms with Crippen molar-refractivity contribution in [2.75, 3.05) is 5.75 Å². The van der Waals surface area contributed by atoms with Crippen LogP contribution in [0.2, 0.25) is 15.1 Å². The maximum Gasteiger partial charge on any atom is 0.278 e. The van der Waals surface area contributed by atoms with Crippen LogP contribution in [0.5, 0.6) is 0 Å². The van der Waals surface area contributed by atoms with Gasteiger partial charge in [0.15, 0.2) is 0 Å². The zero-order valence-corrected chi connectivity index (χ0v) is 24.3. The fraction of sp³-hybridized carbons (Fsp3) is 0.321. The second-order valence-electron chi connectivity index (χ2n) is 10.3. The van der Waals surface area contributed by atoms with Gasteiger partial charge >= 0.3 is 0 Å². The first-order valence-electron chi connectivity index (χ1n) is 12.0. The predicted molar refractivity (Wildman–Crippen MR) is 150 cm³/mol. The van der Waals surface area contributed by atoms with Gasteiger partial charge in [-0.15, -0.1) is 0 Å². The van der Waals surface area contributed by atoms with E-state index < -0.39 is 31.3 Å². The van der Waals surface area contributed by atoms with E-state index in [4.69, 9.17) is 38.4 Å². The van der Waals surface area contributed by atoms with Crippen LogP contribution in [-0.4, -0.2) is 20.0 Å². The first-order chi connectivity index (χ1) is 17.4. The molecule has 0 saturated heterocycles. The van der Waals surface area contributed by atoms with E-state index in [2.05, 4.69) is 0 Å². The molecule has 5 rings (SSSR count). The highest BCUT2D eigenvalue weighted by atomic mass is 35.5. The molecule has 2 fully saturated rings. The number of Topliss-reactive ketones (excluding diaryl/α,β-unsaturated/α-hetero) is 1. The molecule has 2 aliphatic rings. The van der Waals surface area contributed by atoms with Gasteiger partial charge in [0.25, 0.3) is 10.1 Å². The van der Waals surface area contributed by atoms with Crippen LogP contribution in [0.15, 0.2) is 87.5 Å². The van der Waals surface area contributed by atoms with E-state index in [-0.39, 0.29) is 27.5 Å². The lowest BCUT2D eigenvalue weighted by atomic mass is 9.70. The fourth-order valence-corrected chi connectivity index (χ4v) is 13.7. The van der Waals surface area contributed by atoms with Gasteiger partial charge in [-0.1, -0.05) is 85.0 Å². The van der Waals surface area contributed by atoms with E-state index in [1.165, 1.54) is 12.1 Å². The van der Waals surface area contributed by atoms with E-state index in [1.54, 1.807) is 0 Å². The molecule has 2 aliphatic carbocycles. The molecule has 0 heterocycles. The third-order valence-corrected chi connectivity index (χ3v) is 14.6. The highest BCUT2D eigenvalue weighted by Crippen LogP contribution is 2.73. The van der Waals surface area contributed by atoms with E-state index in [0.29, 0.717) is 32.6 Å². The third kappa shape index (κ3) is 4.34. The zero-order valence-electron chi connectivity index (χ0n) is 20.4. The molecule has 3 aromatic carbocycles. The van der Waals surface area contributed by atoms with Crippen LogP contribution < -0.4 is 0 Å². The molecule has 2 saturated carbocycles. The summed E-state index contributed by atoms with van der Waals surface area (Å²) >= 11 is 19.8. The zero-order chi connectivity index (χ0) is 26.6. The van der Waals surface area contributed by atoms with Crippen LogP contribution in [0.25, 0.3) is 0 Å². The van der Waals surface area contributed by atoms with Gasteiger partial charge in [-0.05, 0) is 70.9 Å². The normalized spacial score (nSPS) is 23.4. The van der Waals surface area contributed by atoms with Crippen LogP contribution >= 0.6 is 45.1 Å². The van der Waals surface area contributed by atoms with Gasteiger partial charge < -0.3 is 0 Å². The van der Waals surface area contributed by atoms with Crippen molar-refractivity contribution in [3.8, 4) is 0 Å². The van der Waals surface area contributed by atoms with Gasteiger partial charge in [0.2, 0.25) is 0 Å². The summed E-state index contributed by atoms with van der Waals surface area (Å²) in [5.74, 6) is -0.209. The number of ketones is 1. The van der Waals surface area contributed by atoms with E-state index in [9.17, 15) is 13.2 Å². The molecule has 9 heteroatoms. The standard InChI is InChI=1S/C28H27Cl3O4S2/c1-27(2)19-13-14-28(27,25(32)15-19)18-36(33,34)35-37(21-9-5-3-6-10-21,22-11-7-4-8-12-22)26-23(30)16-20(29)17-24(26)31/h3-12,16-17,19H,13-15,18H2,1-2H3. The van der Waals surface area contributed by atoms with Crippen LogP contribution in [0, 0.1) is 16.7 Å². The van der Waals surface area contributed by atoms with Gasteiger partial charge in [0.05, 0.1) is 26.1 Å². The minimum atomic E-state index is -4.29. The van der Waals surface area contributed by atoms with Crippen molar-refractivity contribution in [1.29, 1.82) is 0 Å². The Bertz CT molecular complexity index is 1400. The van der Waals surface area contributed by atoms with Gasteiger partial charge in [0.1, 0.15) is 5.78 Å². The number of fused-ring (bicyclic) bond motifs is 2. The van der Waals surface area contributed by atoms with Crippen molar-refractivity contribution in [1.82, 2.24) is 0 Å². The molecule has 0 aromatic heterocycles. The molecule has 3 aromatic rings. The quantitative estimate of drug-likeness (QED) is 0.274. The highest BCUT2D eigenvalue weighted by molar-refractivity contribution is 8.33. The largest absolute Gasteiger partial charge is 0.299 e. The Morgan fingerprint density at radius 1 is 0.892 bits per heavy atom. The molecule has 2 bridgehead atoms. The molecule has 0 amide bonds. The monoisotopic (exact) mass is 596 g/mol. The van der Waals surface area contributed by atoms with Crippen molar-refractivity contribution in [2.24, 2.45) is 16.7 Å². The predicted octanol–water partition coefficient (Wildman–Crippen LogP) is 8.59. The summed E-state index contributed by atoms with van der Waals surface area (Å²) in [6, 6.07) is 21.3. The number of benzene rings is 3. The Labute approximate surface area is 234 Å². The second kappa shape index (κ2) is 9.58. The van der Waals surface area contributed by atoms with Gasteiger partial charge in [-0.25, -0.2) is 3.63 Å². The SMILES string of the molecule is CC1(C)C2CCC1(CS(=O)(=O)OS(c1ccccc1)(c1ccccc1)c1c(Cl)cc(Cl)cc1Cl)C(=O)C2. The van der Waals surface area contributed by atoms with Gasteiger partial charge in [-0.3, -0.25) is 4.79 Å². The maximum atomic E-state index is 14.2. The second-order valence-corrected chi connectivity index (χ2v) is 16.0. The first kappa shape index (κ1) is 27.0. The van der Waals surface area contributed by atoms with E-state index in [0.717, 1.165) is 6.42 Å². The summed E-state index contributed by atoms with van der Waals surface area (Å²) in [6.07, 6.45) is 1.78. The van der Waals surface area contributed by atoms with Crippen LogP contribution in [0.1, 0.15) is 33.1 Å². The molecule has 2 unspecified atom stereocenters. The minimum Gasteiger partial charge on any atom is -0.299 e. The number of hydrogen-bond donors (Lipinski definition) is 0. The van der Waals surface area contributed by atoms with E-state index >= 15 is 0 Å². The molecular weight excluding hydrogens is 571 g/mol. The summed E-state index contributed by atoms with van der Waals surface area (Å²) in [5.41, 5.74) is -1.42. The fourth-order valence-electron chi connectivity index (χ4n) is 6.10. The molecule has 0 aliphatic heterocycles. The van der Waals surface area contributed by atoms with Crippen molar-refractivity contribution < 1.29 is 16.8 Å².